The second-order valence-electron chi connectivity index (χ2n) is 8.49. The zero-order valence-electron chi connectivity index (χ0n) is 18.4. The molecule has 0 bridgehead atoms. The lowest BCUT2D eigenvalue weighted by Gasteiger charge is -2.11. The molecule has 0 radical (unpaired) electrons. The average Bonchev–Trinajstić information content (AvgIpc) is 2.64. The normalized spacial score (nSPS) is 12.4. The van der Waals surface area contributed by atoms with Crippen LogP contribution in [0.1, 0.15) is 142 Å². The lowest BCUT2D eigenvalue weighted by Crippen LogP contribution is -2.19. The average molecular weight is 384 g/mol. The van der Waals surface area contributed by atoms with Gasteiger partial charge in [0.2, 0.25) is 0 Å². The summed E-state index contributed by atoms with van der Waals surface area (Å²) >= 11 is 0. The standard InChI is InChI=1S/C24H49NO2/c1-2-3-4-14-17-20-23(25)21-18-15-12-10-8-6-5-7-9-11-13-16-19-22-24(26)27/h23H,2-22,25H2,1H3,(H,26,27). The second kappa shape index (κ2) is 21.7. The molecule has 0 aliphatic carbocycles. The van der Waals surface area contributed by atoms with Crippen LogP contribution in [-0.2, 0) is 4.79 Å². The molecule has 27 heavy (non-hydrogen) atoms. The first-order valence-corrected chi connectivity index (χ1v) is 12.1. The molecule has 0 aromatic heterocycles. The van der Waals surface area contributed by atoms with Gasteiger partial charge in [-0.3, -0.25) is 4.79 Å². The maximum absolute atomic E-state index is 10.4. The molecule has 3 nitrogen and oxygen atoms in total. The summed E-state index contributed by atoms with van der Waals surface area (Å²) in [4.78, 5) is 10.4. The number of carboxylic acid groups (broad SMARTS) is 1. The fourth-order valence-corrected chi connectivity index (χ4v) is 3.78. The van der Waals surface area contributed by atoms with Crippen LogP contribution in [0.4, 0.5) is 0 Å². The highest BCUT2D eigenvalue weighted by atomic mass is 16.4. The number of carboxylic acids is 1. The van der Waals surface area contributed by atoms with Crippen molar-refractivity contribution in [3.63, 3.8) is 0 Å². The van der Waals surface area contributed by atoms with Crippen LogP contribution in [0.2, 0.25) is 0 Å². The molecule has 0 rings (SSSR count). The summed E-state index contributed by atoms with van der Waals surface area (Å²) in [6.45, 7) is 2.27. The molecule has 1 unspecified atom stereocenters. The van der Waals surface area contributed by atoms with Gasteiger partial charge in [-0.05, 0) is 19.3 Å². The molecule has 0 aliphatic heterocycles. The molecule has 0 aliphatic rings. The van der Waals surface area contributed by atoms with Gasteiger partial charge in [-0.15, -0.1) is 0 Å². The fraction of sp³-hybridized carbons (Fsp3) is 0.958. The summed E-state index contributed by atoms with van der Waals surface area (Å²) in [6.07, 6.45) is 26.2. The molecule has 162 valence electrons. The first kappa shape index (κ1) is 26.4. The molecule has 3 N–H and O–H groups in total. The number of carbonyl (C=O) groups is 1. The van der Waals surface area contributed by atoms with E-state index in [-0.39, 0.29) is 0 Å². The van der Waals surface area contributed by atoms with Crippen LogP contribution in [0.15, 0.2) is 0 Å². The Kier molecular flexibility index (Phi) is 21.3. The number of hydrogen-bond donors (Lipinski definition) is 2. The largest absolute Gasteiger partial charge is 0.481 e. The Morgan fingerprint density at radius 1 is 0.630 bits per heavy atom. The van der Waals surface area contributed by atoms with Crippen LogP contribution in [0.3, 0.4) is 0 Å². The van der Waals surface area contributed by atoms with Crippen LogP contribution >= 0.6 is 0 Å². The van der Waals surface area contributed by atoms with Gasteiger partial charge >= 0.3 is 5.97 Å². The summed E-state index contributed by atoms with van der Waals surface area (Å²) in [5.74, 6) is -0.657. The minimum Gasteiger partial charge on any atom is -0.481 e. The van der Waals surface area contributed by atoms with E-state index in [1.54, 1.807) is 0 Å². The highest BCUT2D eigenvalue weighted by Crippen LogP contribution is 2.15. The van der Waals surface area contributed by atoms with Gasteiger partial charge in [0.15, 0.2) is 0 Å². The zero-order chi connectivity index (χ0) is 20.0. The molecule has 0 fully saturated rings. The molecule has 0 saturated carbocycles. The van der Waals surface area contributed by atoms with Gasteiger partial charge in [0.1, 0.15) is 0 Å². The maximum atomic E-state index is 10.4. The predicted octanol–water partition coefficient (Wildman–Crippen LogP) is 7.61. The molecule has 1 atom stereocenters. The van der Waals surface area contributed by atoms with Crippen molar-refractivity contribution < 1.29 is 9.90 Å². The van der Waals surface area contributed by atoms with Crippen LogP contribution in [-0.4, -0.2) is 17.1 Å². The quantitative estimate of drug-likeness (QED) is 0.189. The van der Waals surface area contributed by atoms with Crippen LogP contribution in [0.25, 0.3) is 0 Å². The lowest BCUT2D eigenvalue weighted by molar-refractivity contribution is -0.137. The number of hydrogen-bond acceptors (Lipinski definition) is 2. The van der Waals surface area contributed by atoms with E-state index in [1.165, 1.54) is 116 Å². The van der Waals surface area contributed by atoms with Crippen LogP contribution in [0, 0.1) is 0 Å². The summed E-state index contributed by atoms with van der Waals surface area (Å²) in [6, 6.07) is 0.441. The van der Waals surface area contributed by atoms with Crippen molar-refractivity contribution in [2.24, 2.45) is 5.73 Å². The summed E-state index contributed by atoms with van der Waals surface area (Å²) in [7, 11) is 0. The van der Waals surface area contributed by atoms with Gasteiger partial charge in [0.25, 0.3) is 0 Å². The van der Waals surface area contributed by atoms with E-state index in [9.17, 15) is 4.79 Å². The van der Waals surface area contributed by atoms with E-state index >= 15 is 0 Å². The second-order valence-corrected chi connectivity index (χ2v) is 8.49. The summed E-state index contributed by atoms with van der Waals surface area (Å²) in [5, 5.41) is 8.58. The highest BCUT2D eigenvalue weighted by Gasteiger charge is 2.02. The molecule has 0 saturated heterocycles. The van der Waals surface area contributed by atoms with Crippen molar-refractivity contribution >= 4 is 5.97 Å². The Hall–Kier alpha value is -0.570. The van der Waals surface area contributed by atoms with E-state index < -0.39 is 5.97 Å². The molecule has 3 heteroatoms. The predicted molar refractivity (Wildman–Crippen MR) is 118 cm³/mol. The van der Waals surface area contributed by atoms with Gasteiger partial charge in [-0.2, -0.15) is 0 Å². The molecule has 0 spiro atoms. The van der Waals surface area contributed by atoms with Crippen molar-refractivity contribution in [1.82, 2.24) is 0 Å². The maximum Gasteiger partial charge on any atom is 0.303 e. The third kappa shape index (κ3) is 23.4. The molecule has 0 aromatic carbocycles. The van der Waals surface area contributed by atoms with Crippen LogP contribution < -0.4 is 5.73 Å². The van der Waals surface area contributed by atoms with E-state index in [0.717, 1.165) is 12.8 Å². The van der Waals surface area contributed by atoms with Gasteiger partial charge in [0, 0.05) is 12.5 Å². The third-order valence-electron chi connectivity index (χ3n) is 5.64. The van der Waals surface area contributed by atoms with Crippen molar-refractivity contribution in [1.29, 1.82) is 0 Å². The van der Waals surface area contributed by atoms with Gasteiger partial charge in [-0.1, -0.05) is 116 Å². The lowest BCUT2D eigenvalue weighted by atomic mass is 10.0. The minimum absolute atomic E-state index is 0.338. The first-order valence-electron chi connectivity index (χ1n) is 12.1. The van der Waals surface area contributed by atoms with Crippen molar-refractivity contribution in [3.8, 4) is 0 Å². The SMILES string of the molecule is CCCCCCCC(N)CCCCCCCCCCCCCCCC(=O)O. The van der Waals surface area contributed by atoms with Crippen LogP contribution in [0.5, 0.6) is 0 Å². The topological polar surface area (TPSA) is 63.3 Å². The highest BCUT2D eigenvalue weighted by molar-refractivity contribution is 5.66. The Morgan fingerprint density at radius 2 is 0.963 bits per heavy atom. The Balaban J connectivity index is 3.11. The first-order chi connectivity index (χ1) is 13.2. The minimum atomic E-state index is -0.657. The molecular weight excluding hydrogens is 334 g/mol. The Labute approximate surface area is 169 Å². The van der Waals surface area contributed by atoms with E-state index in [1.807, 2.05) is 0 Å². The smallest absolute Gasteiger partial charge is 0.303 e. The summed E-state index contributed by atoms with van der Waals surface area (Å²) in [5.41, 5.74) is 6.22. The Morgan fingerprint density at radius 3 is 1.33 bits per heavy atom. The number of rotatable bonds is 22. The number of aliphatic carboxylic acids is 1. The monoisotopic (exact) mass is 383 g/mol. The van der Waals surface area contributed by atoms with Crippen molar-refractivity contribution in [3.05, 3.63) is 0 Å². The molecule has 0 heterocycles. The molecule has 0 amide bonds. The van der Waals surface area contributed by atoms with E-state index in [2.05, 4.69) is 6.92 Å². The molecule has 0 aromatic rings. The Bertz CT molecular complexity index is 307. The van der Waals surface area contributed by atoms with E-state index in [0.29, 0.717) is 12.5 Å². The number of unbranched alkanes of at least 4 members (excludes halogenated alkanes) is 16. The fourth-order valence-electron chi connectivity index (χ4n) is 3.78. The van der Waals surface area contributed by atoms with Crippen molar-refractivity contribution in [2.75, 3.05) is 0 Å². The van der Waals surface area contributed by atoms with Gasteiger partial charge in [-0.25, -0.2) is 0 Å². The third-order valence-corrected chi connectivity index (χ3v) is 5.64. The number of nitrogens with two attached hydrogens (primary N) is 1. The molecular formula is C24H49NO2. The van der Waals surface area contributed by atoms with Crippen molar-refractivity contribution in [2.45, 2.75) is 148 Å². The summed E-state index contributed by atoms with van der Waals surface area (Å²) < 4.78 is 0. The zero-order valence-corrected chi connectivity index (χ0v) is 18.4. The van der Waals surface area contributed by atoms with Gasteiger partial charge < -0.3 is 10.8 Å². The van der Waals surface area contributed by atoms with Gasteiger partial charge in [0.05, 0.1) is 0 Å². The van der Waals surface area contributed by atoms with E-state index in [4.69, 9.17) is 10.8 Å².